The van der Waals surface area contributed by atoms with E-state index in [9.17, 15) is 0 Å². The number of ether oxygens (including phenoxy) is 1. The Hall–Kier alpha value is -0.120. The minimum Gasteiger partial charge on any atom is -0.381 e. The van der Waals surface area contributed by atoms with Gasteiger partial charge in [-0.25, -0.2) is 0 Å². The number of likely N-dealkylation sites (tertiary alicyclic amines) is 1. The van der Waals surface area contributed by atoms with Gasteiger partial charge < -0.3 is 10.5 Å². The van der Waals surface area contributed by atoms with Crippen molar-refractivity contribution < 1.29 is 4.74 Å². The Kier molecular flexibility index (Phi) is 4.22. The van der Waals surface area contributed by atoms with E-state index in [1.165, 1.54) is 32.2 Å². The van der Waals surface area contributed by atoms with E-state index >= 15 is 0 Å². The summed E-state index contributed by atoms with van der Waals surface area (Å²) in [7, 11) is 0. The SMILES string of the molecule is CC1CCCCCN1C1(CN)CCOCC1. The van der Waals surface area contributed by atoms with E-state index in [1.54, 1.807) is 0 Å². The maximum Gasteiger partial charge on any atom is 0.0484 e. The van der Waals surface area contributed by atoms with Crippen LogP contribution in [0.5, 0.6) is 0 Å². The normalized spacial score (nSPS) is 32.2. The highest BCUT2D eigenvalue weighted by atomic mass is 16.5. The van der Waals surface area contributed by atoms with Gasteiger partial charge in [0.15, 0.2) is 0 Å². The van der Waals surface area contributed by atoms with Gasteiger partial charge in [0, 0.05) is 31.3 Å². The second-order valence-electron chi connectivity index (χ2n) is 5.43. The fraction of sp³-hybridized carbons (Fsp3) is 1.00. The van der Waals surface area contributed by atoms with Crippen LogP contribution >= 0.6 is 0 Å². The number of hydrogen-bond donors (Lipinski definition) is 1. The zero-order valence-electron chi connectivity index (χ0n) is 10.6. The van der Waals surface area contributed by atoms with E-state index in [0.29, 0.717) is 6.04 Å². The van der Waals surface area contributed by atoms with Gasteiger partial charge in [-0.1, -0.05) is 12.8 Å². The van der Waals surface area contributed by atoms with Gasteiger partial charge >= 0.3 is 0 Å². The molecule has 3 heteroatoms. The molecule has 2 aliphatic heterocycles. The van der Waals surface area contributed by atoms with Gasteiger partial charge in [-0.05, 0) is 39.2 Å². The molecule has 0 amide bonds. The van der Waals surface area contributed by atoms with Crippen LogP contribution in [-0.4, -0.2) is 42.8 Å². The molecule has 2 heterocycles. The van der Waals surface area contributed by atoms with Crippen molar-refractivity contribution in [1.82, 2.24) is 4.90 Å². The molecule has 94 valence electrons. The minimum atomic E-state index is 0.238. The third kappa shape index (κ3) is 2.41. The van der Waals surface area contributed by atoms with Gasteiger partial charge in [-0.15, -0.1) is 0 Å². The second-order valence-corrected chi connectivity index (χ2v) is 5.43. The first-order valence-electron chi connectivity index (χ1n) is 6.83. The Labute approximate surface area is 99.3 Å². The van der Waals surface area contributed by atoms with Crippen molar-refractivity contribution in [3.05, 3.63) is 0 Å². The molecular formula is C13H26N2O. The third-order valence-corrected chi connectivity index (χ3v) is 4.47. The van der Waals surface area contributed by atoms with E-state index in [0.717, 1.165) is 32.6 Å². The molecule has 2 N–H and O–H groups in total. The molecule has 3 nitrogen and oxygen atoms in total. The Balaban J connectivity index is 2.10. The lowest BCUT2D eigenvalue weighted by Crippen LogP contribution is -2.59. The molecule has 1 atom stereocenters. The van der Waals surface area contributed by atoms with E-state index in [1.807, 2.05) is 0 Å². The van der Waals surface area contributed by atoms with Crippen LogP contribution in [0.25, 0.3) is 0 Å². The summed E-state index contributed by atoms with van der Waals surface area (Å²) in [5, 5.41) is 0. The van der Waals surface area contributed by atoms with Gasteiger partial charge in [-0.2, -0.15) is 0 Å². The predicted molar refractivity (Wildman–Crippen MR) is 66.5 cm³/mol. The van der Waals surface area contributed by atoms with E-state index < -0.39 is 0 Å². The second kappa shape index (κ2) is 5.48. The van der Waals surface area contributed by atoms with Crippen LogP contribution in [0.2, 0.25) is 0 Å². The highest BCUT2D eigenvalue weighted by molar-refractivity contribution is 4.96. The monoisotopic (exact) mass is 226 g/mol. The first kappa shape index (κ1) is 12.3. The molecule has 0 aromatic rings. The highest BCUT2D eigenvalue weighted by Crippen LogP contribution is 2.32. The van der Waals surface area contributed by atoms with Crippen molar-refractivity contribution in [3.8, 4) is 0 Å². The van der Waals surface area contributed by atoms with Crippen molar-refractivity contribution in [2.24, 2.45) is 5.73 Å². The molecule has 0 aliphatic carbocycles. The third-order valence-electron chi connectivity index (χ3n) is 4.47. The van der Waals surface area contributed by atoms with Crippen molar-refractivity contribution in [2.45, 2.75) is 57.0 Å². The topological polar surface area (TPSA) is 38.5 Å². The van der Waals surface area contributed by atoms with Crippen LogP contribution in [0.1, 0.15) is 45.4 Å². The van der Waals surface area contributed by atoms with E-state index in [2.05, 4.69) is 11.8 Å². The lowest BCUT2D eigenvalue weighted by Gasteiger charge is -2.48. The zero-order chi connectivity index (χ0) is 11.4. The fourth-order valence-corrected chi connectivity index (χ4v) is 3.34. The molecule has 2 saturated heterocycles. The van der Waals surface area contributed by atoms with Crippen LogP contribution in [0.15, 0.2) is 0 Å². The maximum absolute atomic E-state index is 6.09. The van der Waals surface area contributed by atoms with Gasteiger partial charge in [-0.3, -0.25) is 4.90 Å². The number of rotatable bonds is 2. The number of nitrogens with two attached hydrogens (primary N) is 1. The summed E-state index contributed by atoms with van der Waals surface area (Å²) in [5.41, 5.74) is 6.32. The smallest absolute Gasteiger partial charge is 0.0484 e. The summed E-state index contributed by atoms with van der Waals surface area (Å²) in [4.78, 5) is 2.70. The number of hydrogen-bond acceptors (Lipinski definition) is 3. The molecule has 2 aliphatic rings. The highest BCUT2D eigenvalue weighted by Gasteiger charge is 2.39. The molecule has 0 radical (unpaired) electrons. The Morgan fingerprint density at radius 3 is 2.69 bits per heavy atom. The van der Waals surface area contributed by atoms with Gasteiger partial charge in [0.2, 0.25) is 0 Å². The van der Waals surface area contributed by atoms with Gasteiger partial charge in [0.25, 0.3) is 0 Å². The number of nitrogens with zero attached hydrogens (tertiary/aromatic N) is 1. The summed E-state index contributed by atoms with van der Waals surface area (Å²) >= 11 is 0. The predicted octanol–water partition coefficient (Wildman–Crippen LogP) is 1.76. The van der Waals surface area contributed by atoms with E-state index in [-0.39, 0.29) is 5.54 Å². The van der Waals surface area contributed by atoms with Crippen LogP contribution < -0.4 is 5.73 Å². The van der Waals surface area contributed by atoms with Crippen molar-refractivity contribution in [1.29, 1.82) is 0 Å². The fourth-order valence-electron chi connectivity index (χ4n) is 3.34. The van der Waals surface area contributed by atoms with Crippen LogP contribution in [0.3, 0.4) is 0 Å². The first-order chi connectivity index (χ1) is 7.78. The maximum atomic E-state index is 6.09. The Morgan fingerprint density at radius 2 is 2.00 bits per heavy atom. The molecule has 0 spiro atoms. The lowest BCUT2D eigenvalue weighted by molar-refractivity contribution is -0.0394. The molecule has 0 aromatic carbocycles. The Bertz CT molecular complexity index is 214. The first-order valence-corrected chi connectivity index (χ1v) is 6.83. The van der Waals surface area contributed by atoms with Crippen LogP contribution in [0, 0.1) is 0 Å². The van der Waals surface area contributed by atoms with Crippen molar-refractivity contribution in [3.63, 3.8) is 0 Å². The molecule has 2 fully saturated rings. The average Bonchev–Trinajstić information content (AvgIpc) is 2.55. The molecule has 0 aromatic heterocycles. The van der Waals surface area contributed by atoms with Crippen molar-refractivity contribution in [2.75, 3.05) is 26.3 Å². The molecule has 2 rings (SSSR count). The largest absolute Gasteiger partial charge is 0.381 e. The quantitative estimate of drug-likeness (QED) is 0.780. The molecule has 0 saturated carbocycles. The molecule has 16 heavy (non-hydrogen) atoms. The summed E-state index contributed by atoms with van der Waals surface area (Å²) in [6, 6.07) is 0.698. The van der Waals surface area contributed by atoms with Crippen molar-refractivity contribution >= 4 is 0 Å². The summed E-state index contributed by atoms with van der Waals surface area (Å²) in [5.74, 6) is 0. The average molecular weight is 226 g/mol. The Morgan fingerprint density at radius 1 is 1.25 bits per heavy atom. The molecular weight excluding hydrogens is 200 g/mol. The van der Waals surface area contributed by atoms with Gasteiger partial charge in [0.1, 0.15) is 0 Å². The lowest BCUT2D eigenvalue weighted by atomic mass is 9.86. The zero-order valence-corrected chi connectivity index (χ0v) is 10.6. The summed E-state index contributed by atoms with van der Waals surface area (Å²) < 4.78 is 5.50. The van der Waals surface area contributed by atoms with E-state index in [4.69, 9.17) is 10.5 Å². The summed E-state index contributed by atoms with van der Waals surface area (Å²) in [6.07, 6.45) is 7.68. The minimum absolute atomic E-state index is 0.238. The molecule has 0 bridgehead atoms. The molecule has 1 unspecified atom stereocenters. The van der Waals surface area contributed by atoms with Crippen LogP contribution in [-0.2, 0) is 4.74 Å². The van der Waals surface area contributed by atoms with Crippen LogP contribution in [0.4, 0.5) is 0 Å². The standard InChI is InChI=1S/C13H26N2O/c1-12-5-3-2-4-8-15(12)13(11-14)6-9-16-10-7-13/h12H,2-11,14H2,1H3. The van der Waals surface area contributed by atoms with Gasteiger partial charge in [0.05, 0.1) is 0 Å². The summed E-state index contributed by atoms with van der Waals surface area (Å²) in [6.45, 7) is 6.18.